The van der Waals surface area contributed by atoms with Crippen molar-refractivity contribution in [1.29, 1.82) is 0 Å². The molecule has 0 fully saturated rings. The van der Waals surface area contributed by atoms with Crippen LogP contribution >= 0.6 is 0 Å². The number of ether oxygens (including phenoxy) is 1. The van der Waals surface area contributed by atoms with Gasteiger partial charge >= 0.3 is 5.97 Å². The molecule has 4 heteroatoms. The standard InChI is InChI=1S/C12H19NO3/c1-4-16-8-11(9(2)3)13-7-5-6-10(13)12(14)15/h5-7,9,11H,4,8H2,1-3H3,(H,14,15). The van der Waals surface area contributed by atoms with Gasteiger partial charge in [-0.1, -0.05) is 13.8 Å². The van der Waals surface area contributed by atoms with Crippen LogP contribution in [-0.4, -0.2) is 28.9 Å². The van der Waals surface area contributed by atoms with Crippen molar-refractivity contribution in [3.05, 3.63) is 24.0 Å². The van der Waals surface area contributed by atoms with Gasteiger partial charge in [-0.15, -0.1) is 0 Å². The van der Waals surface area contributed by atoms with Gasteiger partial charge < -0.3 is 14.4 Å². The van der Waals surface area contributed by atoms with E-state index in [0.717, 1.165) is 0 Å². The summed E-state index contributed by atoms with van der Waals surface area (Å²) in [5, 5.41) is 9.05. The molecule has 0 saturated carbocycles. The van der Waals surface area contributed by atoms with Gasteiger partial charge in [0.2, 0.25) is 0 Å². The number of carboxylic acids is 1. The lowest BCUT2D eigenvalue weighted by Gasteiger charge is -2.24. The summed E-state index contributed by atoms with van der Waals surface area (Å²) in [6.07, 6.45) is 1.80. The van der Waals surface area contributed by atoms with E-state index < -0.39 is 5.97 Å². The zero-order valence-corrected chi connectivity index (χ0v) is 10.0. The molecule has 0 aliphatic rings. The highest BCUT2D eigenvalue weighted by Gasteiger charge is 2.20. The van der Waals surface area contributed by atoms with Crippen molar-refractivity contribution in [2.24, 2.45) is 5.92 Å². The van der Waals surface area contributed by atoms with Crippen LogP contribution in [0, 0.1) is 5.92 Å². The smallest absolute Gasteiger partial charge is 0.352 e. The molecule has 0 aliphatic heterocycles. The van der Waals surface area contributed by atoms with E-state index >= 15 is 0 Å². The molecule has 1 N–H and O–H groups in total. The number of aromatic carboxylic acids is 1. The summed E-state index contributed by atoms with van der Waals surface area (Å²) in [6.45, 7) is 7.26. The maximum atomic E-state index is 11.0. The third kappa shape index (κ3) is 2.85. The van der Waals surface area contributed by atoms with Gasteiger partial charge in [0.05, 0.1) is 12.6 Å². The summed E-state index contributed by atoms with van der Waals surface area (Å²) in [7, 11) is 0. The quantitative estimate of drug-likeness (QED) is 0.808. The fraction of sp³-hybridized carbons (Fsp3) is 0.583. The summed E-state index contributed by atoms with van der Waals surface area (Å²) < 4.78 is 7.18. The number of aromatic nitrogens is 1. The fourth-order valence-electron chi connectivity index (χ4n) is 1.70. The Morgan fingerprint density at radius 3 is 2.75 bits per heavy atom. The lowest BCUT2D eigenvalue weighted by molar-refractivity contribution is 0.0659. The molecule has 1 rings (SSSR count). The van der Waals surface area contributed by atoms with Crippen molar-refractivity contribution in [2.45, 2.75) is 26.8 Å². The zero-order chi connectivity index (χ0) is 12.1. The number of rotatable bonds is 6. The second-order valence-corrected chi connectivity index (χ2v) is 4.08. The van der Waals surface area contributed by atoms with E-state index in [1.807, 2.05) is 6.92 Å². The number of hydrogen-bond acceptors (Lipinski definition) is 2. The predicted octanol–water partition coefficient (Wildman–Crippen LogP) is 2.42. The highest BCUT2D eigenvalue weighted by molar-refractivity contribution is 5.85. The van der Waals surface area contributed by atoms with Crippen molar-refractivity contribution in [2.75, 3.05) is 13.2 Å². The topological polar surface area (TPSA) is 51.5 Å². The molecule has 1 atom stereocenters. The van der Waals surface area contributed by atoms with Gasteiger partial charge in [0.1, 0.15) is 5.69 Å². The molecule has 1 aromatic rings. The van der Waals surface area contributed by atoms with Crippen LogP contribution in [0.5, 0.6) is 0 Å². The molecule has 0 saturated heterocycles. The zero-order valence-electron chi connectivity index (χ0n) is 10.0. The van der Waals surface area contributed by atoms with Crippen LogP contribution in [0.4, 0.5) is 0 Å². The second-order valence-electron chi connectivity index (χ2n) is 4.08. The fourth-order valence-corrected chi connectivity index (χ4v) is 1.70. The van der Waals surface area contributed by atoms with Crippen LogP contribution < -0.4 is 0 Å². The Kier molecular flexibility index (Phi) is 4.55. The van der Waals surface area contributed by atoms with Crippen LogP contribution in [0.3, 0.4) is 0 Å². The van der Waals surface area contributed by atoms with Crippen molar-refractivity contribution in [3.8, 4) is 0 Å². The van der Waals surface area contributed by atoms with E-state index in [2.05, 4.69) is 13.8 Å². The van der Waals surface area contributed by atoms with E-state index in [1.165, 1.54) is 0 Å². The van der Waals surface area contributed by atoms with Crippen molar-refractivity contribution in [1.82, 2.24) is 4.57 Å². The summed E-state index contributed by atoms with van der Waals surface area (Å²) >= 11 is 0. The predicted molar refractivity (Wildman–Crippen MR) is 61.8 cm³/mol. The number of nitrogens with zero attached hydrogens (tertiary/aromatic N) is 1. The van der Waals surface area contributed by atoms with E-state index in [1.54, 1.807) is 22.9 Å². The minimum atomic E-state index is -0.896. The van der Waals surface area contributed by atoms with Gasteiger partial charge in [0.25, 0.3) is 0 Å². The molecular formula is C12H19NO3. The first kappa shape index (κ1) is 12.8. The Morgan fingerprint density at radius 2 is 2.25 bits per heavy atom. The Morgan fingerprint density at radius 1 is 1.56 bits per heavy atom. The van der Waals surface area contributed by atoms with Crippen LogP contribution in [0.1, 0.15) is 37.3 Å². The van der Waals surface area contributed by atoms with Gasteiger partial charge in [-0.2, -0.15) is 0 Å². The number of carboxylic acid groups (broad SMARTS) is 1. The molecule has 0 aliphatic carbocycles. The minimum absolute atomic E-state index is 0.0704. The molecule has 0 amide bonds. The lowest BCUT2D eigenvalue weighted by atomic mass is 10.1. The molecule has 0 bridgehead atoms. The van der Waals surface area contributed by atoms with Crippen LogP contribution in [0.25, 0.3) is 0 Å². The molecule has 1 unspecified atom stereocenters. The van der Waals surface area contributed by atoms with E-state index in [9.17, 15) is 4.79 Å². The summed E-state index contributed by atoms with van der Waals surface area (Å²) in [6, 6.07) is 3.44. The molecule has 4 nitrogen and oxygen atoms in total. The molecular weight excluding hydrogens is 206 g/mol. The van der Waals surface area contributed by atoms with Crippen LogP contribution in [-0.2, 0) is 4.74 Å². The second kappa shape index (κ2) is 5.70. The largest absolute Gasteiger partial charge is 0.477 e. The third-order valence-corrected chi connectivity index (χ3v) is 2.62. The molecule has 1 heterocycles. The Balaban J connectivity index is 2.92. The monoisotopic (exact) mass is 225 g/mol. The normalized spacial score (nSPS) is 13.0. The van der Waals surface area contributed by atoms with Gasteiger partial charge in [-0.05, 0) is 25.0 Å². The van der Waals surface area contributed by atoms with Gasteiger partial charge in [0.15, 0.2) is 0 Å². The molecule has 90 valence electrons. The van der Waals surface area contributed by atoms with Crippen LogP contribution in [0.15, 0.2) is 18.3 Å². The van der Waals surface area contributed by atoms with Gasteiger partial charge in [-0.3, -0.25) is 0 Å². The Bertz CT molecular complexity index is 344. The first-order valence-electron chi connectivity index (χ1n) is 5.55. The molecule has 0 spiro atoms. The van der Waals surface area contributed by atoms with Gasteiger partial charge in [0, 0.05) is 12.8 Å². The first-order chi connectivity index (χ1) is 7.57. The molecule has 0 radical (unpaired) electrons. The van der Waals surface area contributed by atoms with Crippen molar-refractivity contribution in [3.63, 3.8) is 0 Å². The van der Waals surface area contributed by atoms with Crippen LogP contribution in [0.2, 0.25) is 0 Å². The molecule has 1 aromatic heterocycles. The summed E-state index contributed by atoms with van der Waals surface area (Å²) in [4.78, 5) is 11.0. The van der Waals surface area contributed by atoms with Crippen molar-refractivity contribution < 1.29 is 14.6 Å². The average molecular weight is 225 g/mol. The lowest BCUT2D eigenvalue weighted by Crippen LogP contribution is -2.23. The van der Waals surface area contributed by atoms with E-state index in [-0.39, 0.29) is 6.04 Å². The molecule has 16 heavy (non-hydrogen) atoms. The summed E-state index contributed by atoms with van der Waals surface area (Å²) in [5.74, 6) is -0.566. The highest BCUT2D eigenvalue weighted by Crippen LogP contribution is 2.21. The van der Waals surface area contributed by atoms with E-state index in [4.69, 9.17) is 9.84 Å². The van der Waals surface area contributed by atoms with Crippen molar-refractivity contribution >= 4 is 5.97 Å². The SMILES string of the molecule is CCOCC(C(C)C)n1cccc1C(=O)O. The molecule has 0 aromatic carbocycles. The average Bonchev–Trinajstić information content (AvgIpc) is 2.66. The Hall–Kier alpha value is -1.29. The highest BCUT2D eigenvalue weighted by atomic mass is 16.5. The number of carbonyl (C=O) groups is 1. The maximum Gasteiger partial charge on any atom is 0.352 e. The van der Waals surface area contributed by atoms with E-state index in [0.29, 0.717) is 24.8 Å². The van der Waals surface area contributed by atoms with Gasteiger partial charge in [-0.25, -0.2) is 4.79 Å². The maximum absolute atomic E-state index is 11.0. The number of hydrogen-bond donors (Lipinski definition) is 1. The summed E-state index contributed by atoms with van der Waals surface area (Å²) in [5.41, 5.74) is 0.318. The minimum Gasteiger partial charge on any atom is -0.477 e. The third-order valence-electron chi connectivity index (χ3n) is 2.62. The first-order valence-corrected chi connectivity index (χ1v) is 5.55. The Labute approximate surface area is 95.8 Å².